The van der Waals surface area contributed by atoms with Crippen LogP contribution in [0.15, 0.2) is 41.6 Å². The summed E-state index contributed by atoms with van der Waals surface area (Å²) in [5.41, 5.74) is 4.64. The maximum atomic E-state index is 5.39. The zero-order valence-corrected chi connectivity index (χ0v) is 11.4. The van der Waals surface area contributed by atoms with Gasteiger partial charge in [0.1, 0.15) is 6.33 Å². The predicted octanol–water partition coefficient (Wildman–Crippen LogP) is 2.00. The highest BCUT2D eigenvalue weighted by molar-refractivity contribution is 5.80. The molecule has 0 atom stereocenters. The molecule has 3 aromatic rings. The van der Waals surface area contributed by atoms with E-state index in [-0.39, 0.29) is 0 Å². The molecule has 110 valence electrons. The van der Waals surface area contributed by atoms with E-state index < -0.39 is 0 Å². The average molecular weight is 298 g/mol. The smallest absolute Gasteiger partial charge is 0.237 e. The van der Waals surface area contributed by atoms with Crippen LogP contribution in [0.2, 0.25) is 0 Å². The van der Waals surface area contributed by atoms with Crippen LogP contribution in [0.4, 0.5) is 0 Å². The molecule has 0 spiro atoms. The molecule has 22 heavy (non-hydrogen) atoms. The molecule has 8 heteroatoms. The number of hydrogen-bond donors (Lipinski definition) is 1. The summed E-state index contributed by atoms with van der Waals surface area (Å²) < 4.78 is 10.7. The molecule has 0 saturated heterocycles. The molecule has 0 aliphatic carbocycles. The third-order valence-electron chi connectivity index (χ3n) is 3.24. The van der Waals surface area contributed by atoms with Gasteiger partial charge < -0.3 is 18.9 Å². The summed E-state index contributed by atoms with van der Waals surface area (Å²) in [5, 5.41) is 3.86. The summed E-state index contributed by atoms with van der Waals surface area (Å²) in [6, 6.07) is 3.55. The van der Waals surface area contributed by atoms with E-state index in [0.717, 1.165) is 16.7 Å². The van der Waals surface area contributed by atoms with Crippen molar-refractivity contribution in [3.05, 3.63) is 37.1 Å². The van der Waals surface area contributed by atoms with Crippen LogP contribution in [-0.2, 0) is 0 Å². The van der Waals surface area contributed by atoms with Crippen LogP contribution in [0.3, 0.4) is 0 Å². The van der Waals surface area contributed by atoms with Crippen molar-refractivity contribution in [2.24, 2.45) is 0 Å². The van der Waals surface area contributed by atoms with E-state index in [0.29, 0.717) is 23.0 Å². The summed E-state index contributed by atoms with van der Waals surface area (Å²) in [6.45, 7) is 0. The van der Waals surface area contributed by atoms with Gasteiger partial charge in [-0.15, -0.1) is 0 Å². The summed E-state index contributed by atoms with van der Waals surface area (Å²) in [6.07, 6.45) is 6.46. The number of rotatable bonds is 3. The molecule has 0 bridgehead atoms. The van der Waals surface area contributed by atoms with Crippen molar-refractivity contribution in [2.75, 3.05) is 7.11 Å². The van der Waals surface area contributed by atoms with Crippen LogP contribution >= 0.6 is 0 Å². The van der Waals surface area contributed by atoms with Gasteiger partial charge in [0.05, 0.1) is 18.9 Å². The number of hydrogen-bond acceptors (Lipinski definition) is 8. The maximum absolute atomic E-state index is 5.39. The quantitative estimate of drug-likeness (QED) is 0.785. The molecule has 1 aliphatic rings. The number of ether oxygens (including phenoxy) is 1. The SMILES string of the molecule is COc1cc(-c2oncc2-c2cncnc2)cc2c1ONO2. The molecular weight excluding hydrogens is 288 g/mol. The normalized spacial score (nSPS) is 12.4. The highest BCUT2D eigenvalue weighted by Gasteiger charge is 2.24. The largest absolute Gasteiger partial charge is 0.493 e. The van der Waals surface area contributed by atoms with Crippen molar-refractivity contribution in [3.8, 4) is 39.7 Å². The predicted molar refractivity (Wildman–Crippen MR) is 73.9 cm³/mol. The van der Waals surface area contributed by atoms with E-state index >= 15 is 0 Å². The van der Waals surface area contributed by atoms with Gasteiger partial charge in [0.15, 0.2) is 11.5 Å². The van der Waals surface area contributed by atoms with Gasteiger partial charge in [-0.1, -0.05) is 5.16 Å². The van der Waals surface area contributed by atoms with Crippen molar-refractivity contribution in [1.82, 2.24) is 20.8 Å². The van der Waals surface area contributed by atoms with Crippen molar-refractivity contribution in [2.45, 2.75) is 0 Å². The first-order valence-corrected chi connectivity index (χ1v) is 6.38. The molecule has 1 aliphatic heterocycles. The Morgan fingerprint density at radius 2 is 1.91 bits per heavy atom. The third-order valence-corrected chi connectivity index (χ3v) is 3.24. The zero-order valence-electron chi connectivity index (χ0n) is 11.4. The first kappa shape index (κ1) is 12.6. The average Bonchev–Trinajstić information content (AvgIpc) is 3.23. The summed E-state index contributed by atoms with van der Waals surface area (Å²) in [4.78, 5) is 18.3. The summed E-state index contributed by atoms with van der Waals surface area (Å²) in [5.74, 6) is 2.06. The van der Waals surface area contributed by atoms with Gasteiger partial charge in [0, 0.05) is 29.2 Å². The minimum atomic E-state index is 0.482. The van der Waals surface area contributed by atoms with Gasteiger partial charge in [-0.2, -0.15) is 0 Å². The van der Waals surface area contributed by atoms with E-state index in [9.17, 15) is 0 Å². The Hall–Kier alpha value is -3.13. The number of benzene rings is 1. The minimum absolute atomic E-state index is 0.482. The van der Waals surface area contributed by atoms with Gasteiger partial charge in [-0.05, 0) is 12.1 Å². The molecule has 4 rings (SSSR count). The zero-order chi connectivity index (χ0) is 14.9. The second-order valence-corrected chi connectivity index (χ2v) is 4.49. The van der Waals surface area contributed by atoms with Crippen molar-refractivity contribution in [1.29, 1.82) is 0 Å². The van der Waals surface area contributed by atoms with Crippen molar-refractivity contribution in [3.63, 3.8) is 0 Å². The van der Waals surface area contributed by atoms with E-state index in [1.54, 1.807) is 37.8 Å². The molecule has 1 N–H and O–H groups in total. The Kier molecular flexibility index (Phi) is 2.87. The monoisotopic (exact) mass is 298 g/mol. The number of nitrogens with one attached hydrogen (secondary N) is 1. The Morgan fingerprint density at radius 3 is 2.73 bits per heavy atom. The van der Waals surface area contributed by atoms with Crippen molar-refractivity contribution < 1.29 is 18.9 Å². The molecule has 3 heterocycles. The van der Waals surface area contributed by atoms with Crippen LogP contribution < -0.4 is 20.1 Å². The molecule has 0 fully saturated rings. The Balaban J connectivity index is 1.86. The number of methoxy groups -OCH3 is 1. The number of aromatic nitrogens is 3. The number of nitrogens with zero attached hydrogens (tertiary/aromatic N) is 3. The van der Waals surface area contributed by atoms with E-state index in [1.165, 1.54) is 6.33 Å². The fourth-order valence-corrected chi connectivity index (χ4v) is 2.23. The Labute approximate surface area is 124 Å². The lowest BCUT2D eigenvalue weighted by Gasteiger charge is -2.06. The summed E-state index contributed by atoms with van der Waals surface area (Å²) >= 11 is 0. The Morgan fingerprint density at radius 1 is 1.05 bits per heavy atom. The lowest BCUT2D eigenvalue weighted by molar-refractivity contribution is 0.0248. The fraction of sp³-hybridized carbons (Fsp3) is 0.0714. The van der Waals surface area contributed by atoms with Gasteiger partial charge in [0.2, 0.25) is 11.5 Å². The number of fused-ring (bicyclic) bond motifs is 1. The second kappa shape index (κ2) is 5.01. The van der Waals surface area contributed by atoms with E-state index in [4.69, 9.17) is 18.9 Å². The molecule has 8 nitrogen and oxygen atoms in total. The molecule has 0 radical (unpaired) electrons. The van der Waals surface area contributed by atoms with E-state index in [2.05, 4.69) is 20.8 Å². The van der Waals surface area contributed by atoms with Crippen LogP contribution in [0.1, 0.15) is 0 Å². The molecule has 1 aromatic carbocycles. The third kappa shape index (κ3) is 1.93. The molecule has 0 saturated carbocycles. The first-order chi connectivity index (χ1) is 10.9. The highest BCUT2D eigenvalue weighted by Crippen LogP contribution is 2.44. The van der Waals surface area contributed by atoms with Crippen molar-refractivity contribution >= 4 is 0 Å². The van der Waals surface area contributed by atoms with Gasteiger partial charge in [-0.25, -0.2) is 9.97 Å². The standard InChI is InChI=1S/C14H10N4O4/c1-19-11-2-8(3-12-14(11)22-18-20-12)13-10(6-17-21-13)9-4-15-7-16-5-9/h2-7,18H,1H3. The molecular formula is C14H10N4O4. The minimum Gasteiger partial charge on any atom is -0.493 e. The van der Waals surface area contributed by atoms with Crippen LogP contribution in [0.25, 0.3) is 22.5 Å². The molecule has 0 unspecified atom stereocenters. The fourth-order valence-electron chi connectivity index (χ4n) is 2.23. The molecule has 2 aromatic heterocycles. The van der Waals surface area contributed by atoms with Gasteiger partial charge in [-0.3, -0.25) is 0 Å². The van der Waals surface area contributed by atoms with Crippen LogP contribution in [0, 0.1) is 0 Å². The van der Waals surface area contributed by atoms with Gasteiger partial charge in [0.25, 0.3) is 0 Å². The first-order valence-electron chi connectivity index (χ1n) is 6.38. The lowest BCUT2D eigenvalue weighted by Crippen LogP contribution is -2.14. The van der Waals surface area contributed by atoms with Gasteiger partial charge >= 0.3 is 0 Å². The van der Waals surface area contributed by atoms with Crippen LogP contribution in [-0.4, -0.2) is 22.2 Å². The van der Waals surface area contributed by atoms with E-state index in [1.807, 2.05) is 0 Å². The maximum Gasteiger partial charge on any atom is 0.237 e. The topological polar surface area (TPSA) is 91.5 Å². The highest BCUT2D eigenvalue weighted by atomic mass is 16.9. The summed E-state index contributed by atoms with van der Waals surface area (Å²) in [7, 11) is 1.55. The van der Waals surface area contributed by atoms with Crippen LogP contribution in [0.5, 0.6) is 17.2 Å². The lowest BCUT2D eigenvalue weighted by atomic mass is 10.0. The second-order valence-electron chi connectivity index (χ2n) is 4.49. The Bertz CT molecular complexity index is 819. The molecule has 0 amide bonds.